The summed E-state index contributed by atoms with van der Waals surface area (Å²) in [5.74, 6) is 0. The van der Waals surface area contributed by atoms with E-state index >= 15 is 0 Å². The van der Waals surface area contributed by atoms with Gasteiger partial charge in [-0.1, -0.05) is 56.3 Å². The molecule has 0 saturated heterocycles. The first-order chi connectivity index (χ1) is 9.59. The number of amides is 2. The fourth-order valence-corrected chi connectivity index (χ4v) is 2.22. The van der Waals surface area contributed by atoms with Crippen molar-refractivity contribution in [3.8, 4) is 0 Å². The highest BCUT2D eigenvalue weighted by Crippen LogP contribution is 2.32. The molecule has 20 heavy (non-hydrogen) atoms. The van der Waals surface area contributed by atoms with Gasteiger partial charge in [0.05, 0.1) is 5.69 Å². The van der Waals surface area contributed by atoms with Crippen LogP contribution in [0, 0.1) is 0 Å². The molecule has 0 unspecified atom stereocenters. The molecular weight excluding hydrogens is 250 g/mol. The number of imide groups is 1. The lowest BCUT2D eigenvalue weighted by Crippen LogP contribution is -2.20. The Bertz CT molecular complexity index is 580. The third kappa shape index (κ3) is 2.62. The van der Waals surface area contributed by atoms with Gasteiger partial charge in [0.1, 0.15) is 0 Å². The van der Waals surface area contributed by atoms with Gasteiger partial charge in [-0.05, 0) is 23.3 Å². The Labute approximate surface area is 118 Å². The van der Waals surface area contributed by atoms with E-state index in [1.54, 1.807) is 12.1 Å². The highest BCUT2D eigenvalue weighted by Gasteiger charge is 2.22. The lowest BCUT2D eigenvalue weighted by atomic mass is 9.78. The second-order valence-corrected chi connectivity index (χ2v) is 5.16. The van der Waals surface area contributed by atoms with Crippen molar-refractivity contribution in [1.82, 2.24) is 0 Å². The second kappa shape index (κ2) is 5.70. The van der Waals surface area contributed by atoms with Crippen LogP contribution in [0.1, 0.15) is 25.0 Å². The monoisotopic (exact) mass is 267 g/mol. The van der Waals surface area contributed by atoms with Crippen molar-refractivity contribution < 1.29 is 9.59 Å². The molecule has 2 aromatic rings. The van der Waals surface area contributed by atoms with Crippen LogP contribution in [-0.4, -0.2) is 12.8 Å². The number of carbonyl (C=O) groups is 2. The zero-order valence-electron chi connectivity index (χ0n) is 11.6. The minimum absolute atomic E-state index is 0.132. The minimum atomic E-state index is -0.132. The highest BCUT2D eigenvalue weighted by molar-refractivity contribution is 5.95. The number of hydrogen-bond donors (Lipinski definition) is 0. The molecule has 3 nitrogen and oxygen atoms in total. The largest absolute Gasteiger partial charge is 0.278 e. The number of carbonyl (C=O) groups excluding carboxylic acids is 2. The van der Waals surface area contributed by atoms with E-state index < -0.39 is 0 Å². The zero-order valence-corrected chi connectivity index (χ0v) is 11.6. The first kappa shape index (κ1) is 14.0. The van der Waals surface area contributed by atoms with Gasteiger partial charge in [0.25, 0.3) is 0 Å². The van der Waals surface area contributed by atoms with Crippen LogP contribution >= 0.6 is 0 Å². The van der Waals surface area contributed by atoms with Crippen LogP contribution in [0.25, 0.3) is 0 Å². The van der Waals surface area contributed by atoms with E-state index in [0.717, 1.165) is 10.5 Å². The maximum Gasteiger partial charge on any atom is 0.220 e. The predicted octanol–water partition coefficient (Wildman–Crippen LogP) is 3.13. The molecule has 0 heterocycles. The van der Waals surface area contributed by atoms with Crippen molar-refractivity contribution in [2.45, 2.75) is 19.3 Å². The molecule has 0 aliphatic carbocycles. The average Bonchev–Trinajstić information content (AvgIpc) is 2.50. The Morgan fingerprint density at radius 3 is 1.80 bits per heavy atom. The molecule has 0 atom stereocenters. The maximum atomic E-state index is 10.7. The summed E-state index contributed by atoms with van der Waals surface area (Å²) in [5.41, 5.74) is 2.79. The van der Waals surface area contributed by atoms with Crippen molar-refractivity contribution in [2.24, 2.45) is 0 Å². The van der Waals surface area contributed by atoms with Gasteiger partial charge < -0.3 is 0 Å². The molecule has 2 amide bonds. The standard InChI is InChI=1S/C17H17NO2/c1-17(2,14-6-4-3-5-7-14)15-8-10-16(11-9-15)18(12-19)13-20/h3-13H,1-2H3. The summed E-state index contributed by atoms with van der Waals surface area (Å²) in [5, 5.41) is 0. The topological polar surface area (TPSA) is 37.4 Å². The van der Waals surface area contributed by atoms with Crippen LogP contribution in [0.4, 0.5) is 5.69 Å². The third-order valence-corrected chi connectivity index (χ3v) is 3.61. The number of nitrogens with zero attached hydrogens (tertiary/aromatic N) is 1. The minimum Gasteiger partial charge on any atom is -0.278 e. The molecule has 0 spiro atoms. The normalized spacial score (nSPS) is 10.9. The molecule has 0 aromatic heterocycles. The molecule has 0 bridgehead atoms. The average molecular weight is 267 g/mol. The Balaban J connectivity index is 2.34. The summed E-state index contributed by atoms with van der Waals surface area (Å²) in [6, 6.07) is 17.7. The molecule has 0 aliphatic rings. The summed E-state index contributed by atoms with van der Waals surface area (Å²) in [4.78, 5) is 22.5. The Hall–Kier alpha value is -2.42. The van der Waals surface area contributed by atoms with Crippen molar-refractivity contribution in [3.63, 3.8) is 0 Å². The number of anilines is 1. The lowest BCUT2D eigenvalue weighted by molar-refractivity contribution is -0.113. The van der Waals surface area contributed by atoms with Crippen molar-refractivity contribution >= 4 is 18.5 Å². The molecule has 0 fully saturated rings. The van der Waals surface area contributed by atoms with Crippen LogP contribution in [0.15, 0.2) is 54.6 Å². The molecule has 2 aromatic carbocycles. The SMILES string of the molecule is CC(C)(c1ccccc1)c1ccc(N(C=O)C=O)cc1. The van der Waals surface area contributed by atoms with E-state index in [9.17, 15) is 9.59 Å². The van der Waals surface area contributed by atoms with E-state index in [1.807, 2.05) is 30.3 Å². The fourth-order valence-electron chi connectivity index (χ4n) is 2.22. The summed E-state index contributed by atoms with van der Waals surface area (Å²) in [7, 11) is 0. The first-order valence-corrected chi connectivity index (χ1v) is 6.44. The maximum absolute atomic E-state index is 10.7. The highest BCUT2D eigenvalue weighted by atomic mass is 16.2. The van der Waals surface area contributed by atoms with Gasteiger partial charge >= 0.3 is 0 Å². The molecule has 0 saturated carbocycles. The van der Waals surface area contributed by atoms with E-state index in [0.29, 0.717) is 18.5 Å². The molecule has 2 rings (SSSR count). The first-order valence-electron chi connectivity index (χ1n) is 6.44. The number of rotatable bonds is 5. The van der Waals surface area contributed by atoms with Gasteiger partial charge in [-0.3, -0.25) is 14.5 Å². The molecule has 102 valence electrons. The fraction of sp³-hybridized carbons (Fsp3) is 0.176. The molecule has 0 aliphatic heterocycles. The predicted molar refractivity (Wildman–Crippen MR) is 79.6 cm³/mol. The number of benzene rings is 2. The zero-order chi connectivity index (χ0) is 14.6. The van der Waals surface area contributed by atoms with Crippen LogP contribution in [0.5, 0.6) is 0 Å². The van der Waals surface area contributed by atoms with Crippen LogP contribution in [0.3, 0.4) is 0 Å². The Kier molecular flexibility index (Phi) is 3.99. The van der Waals surface area contributed by atoms with E-state index in [2.05, 4.69) is 26.0 Å². The summed E-state index contributed by atoms with van der Waals surface area (Å²) in [6.07, 6.45) is 1.01. The van der Waals surface area contributed by atoms with Crippen molar-refractivity contribution in [1.29, 1.82) is 0 Å². The lowest BCUT2D eigenvalue weighted by Gasteiger charge is -2.26. The molecule has 0 radical (unpaired) electrons. The van der Waals surface area contributed by atoms with Gasteiger partial charge in [0, 0.05) is 5.41 Å². The Morgan fingerprint density at radius 2 is 1.30 bits per heavy atom. The van der Waals surface area contributed by atoms with Crippen LogP contribution in [-0.2, 0) is 15.0 Å². The van der Waals surface area contributed by atoms with E-state index in [-0.39, 0.29) is 5.41 Å². The smallest absolute Gasteiger partial charge is 0.220 e. The van der Waals surface area contributed by atoms with E-state index in [4.69, 9.17) is 0 Å². The van der Waals surface area contributed by atoms with Gasteiger partial charge in [-0.25, -0.2) is 0 Å². The van der Waals surface area contributed by atoms with E-state index in [1.165, 1.54) is 5.56 Å². The number of hydrogen-bond acceptors (Lipinski definition) is 2. The summed E-state index contributed by atoms with van der Waals surface area (Å²) in [6.45, 7) is 4.29. The van der Waals surface area contributed by atoms with Gasteiger partial charge in [-0.2, -0.15) is 0 Å². The quantitative estimate of drug-likeness (QED) is 0.780. The van der Waals surface area contributed by atoms with Crippen molar-refractivity contribution in [2.75, 3.05) is 4.90 Å². The molecular formula is C17H17NO2. The molecule has 3 heteroatoms. The summed E-state index contributed by atoms with van der Waals surface area (Å²) >= 11 is 0. The summed E-state index contributed by atoms with van der Waals surface area (Å²) < 4.78 is 0. The van der Waals surface area contributed by atoms with Gasteiger partial charge in [-0.15, -0.1) is 0 Å². The second-order valence-electron chi connectivity index (χ2n) is 5.16. The van der Waals surface area contributed by atoms with Crippen molar-refractivity contribution in [3.05, 3.63) is 65.7 Å². The van der Waals surface area contributed by atoms with Gasteiger partial charge in [0.2, 0.25) is 12.8 Å². The van der Waals surface area contributed by atoms with Crippen LogP contribution < -0.4 is 4.90 Å². The van der Waals surface area contributed by atoms with Crippen LogP contribution in [0.2, 0.25) is 0 Å². The Morgan fingerprint density at radius 1 is 0.800 bits per heavy atom. The molecule has 0 N–H and O–H groups in total. The third-order valence-electron chi connectivity index (χ3n) is 3.61. The van der Waals surface area contributed by atoms with Gasteiger partial charge in [0.15, 0.2) is 0 Å².